The fourth-order valence-corrected chi connectivity index (χ4v) is 3.86. The Hall–Kier alpha value is -0.260. The van der Waals surface area contributed by atoms with Crippen molar-refractivity contribution in [1.29, 1.82) is 0 Å². The average molecular weight is 234 g/mol. The maximum atomic E-state index is 2.63. The Bertz CT molecular complexity index is 217. The van der Waals surface area contributed by atoms with Crippen LogP contribution in [0.5, 0.6) is 0 Å². The molecule has 0 heterocycles. The molecule has 0 saturated heterocycles. The van der Waals surface area contributed by atoms with Gasteiger partial charge in [0.2, 0.25) is 0 Å². The van der Waals surface area contributed by atoms with Gasteiger partial charge >= 0.3 is 0 Å². The summed E-state index contributed by atoms with van der Waals surface area (Å²) in [5, 5.41) is 0. The van der Waals surface area contributed by atoms with Crippen molar-refractivity contribution in [3.8, 4) is 0 Å². The van der Waals surface area contributed by atoms with Crippen LogP contribution in [-0.2, 0) is 0 Å². The van der Waals surface area contributed by atoms with E-state index in [1.807, 2.05) is 5.57 Å². The predicted octanol–water partition coefficient (Wildman–Crippen LogP) is 5.73. The van der Waals surface area contributed by atoms with E-state index >= 15 is 0 Å². The Balaban J connectivity index is 2.05. The Morgan fingerprint density at radius 3 is 1.53 bits per heavy atom. The standard InChI is InChI=1S/C17H30/c1-14(2)13-17(15-9-5-3-6-10-15)16-11-7-4-8-12-16/h13-16H,3-12H2,1-2H3. The predicted molar refractivity (Wildman–Crippen MR) is 76.1 cm³/mol. The van der Waals surface area contributed by atoms with Gasteiger partial charge in [0.25, 0.3) is 0 Å². The highest BCUT2D eigenvalue weighted by molar-refractivity contribution is 5.13. The second-order valence-electron chi connectivity index (χ2n) is 6.58. The third-order valence-corrected chi connectivity index (χ3v) is 4.68. The third kappa shape index (κ3) is 3.86. The van der Waals surface area contributed by atoms with E-state index in [0.29, 0.717) is 0 Å². The smallest absolute Gasteiger partial charge is 0.0200 e. The van der Waals surface area contributed by atoms with Crippen LogP contribution >= 0.6 is 0 Å². The molecule has 17 heavy (non-hydrogen) atoms. The van der Waals surface area contributed by atoms with E-state index in [4.69, 9.17) is 0 Å². The van der Waals surface area contributed by atoms with Gasteiger partial charge in [-0.2, -0.15) is 0 Å². The SMILES string of the molecule is CC(C)C=C(C1CCCCC1)C1CCCCC1. The van der Waals surface area contributed by atoms with E-state index in [2.05, 4.69) is 19.9 Å². The molecule has 2 aliphatic carbocycles. The molecule has 0 aliphatic heterocycles. The molecule has 2 fully saturated rings. The third-order valence-electron chi connectivity index (χ3n) is 4.68. The summed E-state index contributed by atoms with van der Waals surface area (Å²) in [6.07, 6.45) is 17.4. The summed E-state index contributed by atoms with van der Waals surface area (Å²) in [6, 6.07) is 0. The maximum absolute atomic E-state index is 2.63. The molecule has 0 aromatic rings. The van der Waals surface area contributed by atoms with Gasteiger partial charge in [0.15, 0.2) is 0 Å². The Kier molecular flexibility index (Phi) is 5.13. The normalized spacial score (nSPS) is 23.9. The Morgan fingerprint density at radius 2 is 1.18 bits per heavy atom. The van der Waals surface area contributed by atoms with Crippen molar-refractivity contribution in [2.75, 3.05) is 0 Å². The largest absolute Gasteiger partial charge is 0.0822 e. The van der Waals surface area contributed by atoms with Gasteiger partial charge in [-0.1, -0.05) is 64.0 Å². The lowest BCUT2D eigenvalue weighted by Gasteiger charge is -2.33. The highest BCUT2D eigenvalue weighted by Gasteiger charge is 2.25. The maximum Gasteiger partial charge on any atom is -0.0200 e. The minimum Gasteiger partial charge on any atom is -0.0822 e. The zero-order valence-corrected chi connectivity index (χ0v) is 11.9. The lowest BCUT2D eigenvalue weighted by molar-refractivity contribution is 0.323. The molecule has 0 unspecified atom stereocenters. The van der Waals surface area contributed by atoms with E-state index in [0.717, 1.165) is 17.8 Å². The quantitative estimate of drug-likeness (QED) is 0.547. The van der Waals surface area contributed by atoms with Crippen LogP contribution in [0.3, 0.4) is 0 Å². The monoisotopic (exact) mass is 234 g/mol. The first kappa shape index (κ1) is 13.2. The van der Waals surface area contributed by atoms with E-state index in [1.165, 1.54) is 64.2 Å². The molecule has 2 saturated carbocycles. The molecule has 0 spiro atoms. The van der Waals surface area contributed by atoms with Gasteiger partial charge in [-0.15, -0.1) is 0 Å². The molecule has 98 valence electrons. The summed E-state index contributed by atoms with van der Waals surface area (Å²) in [5.41, 5.74) is 1.87. The van der Waals surface area contributed by atoms with Crippen molar-refractivity contribution in [3.05, 3.63) is 11.6 Å². The minimum absolute atomic E-state index is 0.744. The first-order valence-corrected chi connectivity index (χ1v) is 7.99. The lowest BCUT2D eigenvalue weighted by Crippen LogP contribution is -2.19. The second-order valence-corrected chi connectivity index (χ2v) is 6.58. The van der Waals surface area contributed by atoms with Crippen LogP contribution in [0.4, 0.5) is 0 Å². The number of hydrogen-bond donors (Lipinski definition) is 0. The molecule has 0 atom stereocenters. The molecule has 0 nitrogen and oxygen atoms in total. The van der Waals surface area contributed by atoms with Crippen LogP contribution in [0, 0.1) is 17.8 Å². The fourth-order valence-electron chi connectivity index (χ4n) is 3.86. The van der Waals surface area contributed by atoms with Crippen LogP contribution in [0.15, 0.2) is 11.6 Å². The fraction of sp³-hybridized carbons (Fsp3) is 0.882. The molecule has 0 amide bonds. The number of hydrogen-bond acceptors (Lipinski definition) is 0. The molecule has 0 N–H and O–H groups in total. The summed E-state index contributed by atoms with van der Waals surface area (Å²) in [4.78, 5) is 0. The minimum atomic E-state index is 0.744. The van der Waals surface area contributed by atoms with Gasteiger partial charge in [-0.3, -0.25) is 0 Å². The van der Waals surface area contributed by atoms with E-state index in [1.54, 1.807) is 0 Å². The van der Waals surface area contributed by atoms with Gasteiger partial charge in [0.05, 0.1) is 0 Å². The molecule has 0 aromatic heterocycles. The summed E-state index contributed by atoms with van der Waals surface area (Å²) in [6.45, 7) is 4.71. The molecular formula is C17H30. The van der Waals surface area contributed by atoms with Crippen LogP contribution in [0.1, 0.15) is 78.1 Å². The molecule has 0 radical (unpaired) electrons. The van der Waals surface area contributed by atoms with Crippen molar-refractivity contribution < 1.29 is 0 Å². The summed E-state index contributed by atoms with van der Waals surface area (Å²) in [5.74, 6) is 2.65. The van der Waals surface area contributed by atoms with Crippen molar-refractivity contribution in [1.82, 2.24) is 0 Å². The van der Waals surface area contributed by atoms with Crippen LogP contribution < -0.4 is 0 Å². The van der Waals surface area contributed by atoms with E-state index < -0.39 is 0 Å². The van der Waals surface area contributed by atoms with Crippen molar-refractivity contribution >= 4 is 0 Å². The zero-order chi connectivity index (χ0) is 12.1. The van der Waals surface area contributed by atoms with Crippen molar-refractivity contribution in [2.24, 2.45) is 17.8 Å². The number of allylic oxidation sites excluding steroid dienone is 2. The first-order valence-electron chi connectivity index (χ1n) is 7.99. The van der Waals surface area contributed by atoms with Gasteiger partial charge in [-0.25, -0.2) is 0 Å². The molecule has 2 rings (SSSR count). The van der Waals surface area contributed by atoms with E-state index in [-0.39, 0.29) is 0 Å². The van der Waals surface area contributed by atoms with Crippen LogP contribution in [0.2, 0.25) is 0 Å². The number of rotatable bonds is 3. The highest BCUT2D eigenvalue weighted by atomic mass is 14.3. The summed E-state index contributed by atoms with van der Waals surface area (Å²) >= 11 is 0. The lowest BCUT2D eigenvalue weighted by atomic mass is 9.73. The summed E-state index contributed by atoms with van der Waals surface area (Å²) < 4.78 is 0. The second kappa shape index (κ2) is 6.61. The van der Waals surface area contributed by atoms with Gasteiger partial charge in [-0.05, 0) is 43.4 Å². The van der Waals surface area contributed by atoms with E-state index in [9.17, 15) is 0 Å². The molecular weight excluding hydrogens is 204 g/mol. The Morgan fingerprint density at radius 1 is 0.765 bits per heavy atom. The molecule has 0 heteroatoms. The molecule has 2 aliphatic rings. The topological polar surface area (TPSA) is 0 Å². The van der Waals surface area contributed by atoms with Crippen LogP contribution in [0.25, 0.3) is 0 Å². The summed E-state index contributed by atoms with van der Waals surface area (Å²) in [7, 11) is 0. The van der Waals surface area contributed by atoms with Gasteiger partial charge < -0.3 is 0 Å². The first-order chi connectivity index (χ1) is 8.27. The molecule has 0 bridgehead atoms. The van der Waals surface area contributed by atoms with Crippen molar-refractivity contribution in [2.45, 2.75) is 78.1 Å². The van der Waals surface area contributed by atoms with Gasteiger partial charge in [0.1, 0.15) is 0 Å². The van der Waals surface area contributed by atoms with Crippen LogP contribution in [-0.4, -0.2) is 0 Å². The average Bonchev–Trinajstić information content (AvgIpc) is 2.38. The zero-order valence-electron chi connectivity index (χ0n) is 11.9. The Labute approximate surface area is 108 Å². The highest BCUT2D eigenvalue weighted by Crippen LogP contribution is 2.39. The van der Waals surface area contributed by atoms with Crippen molar-refractivity contribution in [3.63, 3.8) is 0 Å². The molecule has 0 aromatic carbocycles. The van der Waals surface area contributed by atoms with Gasteiger partial charge in [0, 0.05) is 0 Å².